The Morgan fingerprint density at radius 3 is 2.25 bits per heavy atom. The summed E-state index contributed by atoms with van der Waals surface area (Å²) in [5.41, 5.74) is 2.57. The van der Waals surface area contributed by atoms with Gasteiger partial charge in [0.1, 0.15) is 0 Å². The second-order valence-electron chi connectivity index (χ2n) is 5.65. The number of benzene rings is 2. The molecule has 0 bridgehead atoms. The zero-order valence-corrected chi connectivity index (χ0v) is 12.4. The Kier molecular flexibility index (Phi) is 4.58. The van der Waals surface area contributed by atoms with Crippen LogP contribution in [0.15, 0.2) is 54.6 Å². The van der Waals surface area contributed by atoms with Crippen molar-refractivity contribution >= 4 is 0 Å². The molecule has 0 aliphatic carbocycles. The van der Waals surface area contributed by atoms with Gasteiger partial charge in [0.2, 0.25) is 0 Å². The molecule has 0 aliphatic rings. The normalized spacial score (nSPS) is 15.6. The maximum Gasteiger partial charge on any atom is 0.0992 e. The second kappa shape index (κ2) is 6.21. The summed E-state index contributed by atoms with van der Waals surface area (Å²) >= 11 is 0. The van der Waals surface area contributed by atoms with Gasteiger partial charge in [0.15, 0.2) is 0 Å². The van der Waals surface area contributed by atoms with Gasteiger partial charge >= 0.3 is 0 Å². The Morgan fingerprint density at radius 1 is 1.05 bits per heavy atom. The van der Waals surface area contributed by atoms with Crippen LogP contribution in [0.1, 0.15) is 36.6 Å². The van der Waals surface area contributed by atoms with Gasteiger partial charge in [-0.25, -0.2) is 0 Å². The molecule has 106 valence electrons. The van der Waals surface area contributed by atoms with Gasteiger partial charge < -0.3 is 10.4 Å². The number of nitrogens with one attached hydrogen (secondary N) is 1. The molecule has 2 rings (SSSR count). The molecule has 2 unspecified atom stereocenters. The van der Waals surface area contributed by atoms with Gasteiger partial charge in [-0.1, -0.05) is 60.2 Å². The maximum absolute atomic E-state index is 10.6. The summed E-state index contributed by atoms with van der Waals surface area (Å²) in [6, 6.07) is 18.5. The maximum atomic E-state index is 10.6. The first-order valence-corrected chi connectivity index (χ1v) is 7.07. The SMILES string of the molecule is Cc1ccc(C(C)NCC(C)(O)c2ccccc2)cc1. The largest absolute Gasteiger partial charge is 0.384 e. The summed E-state index contributed by atoms with van der Waals surface area (Å²) in [5, 5.41) is 14.0. The Hall–Kier alpha value is -1.64. The van der Waals surface area contributed by atoms with Crippen LogP contribution in [-0.2, 0) is 5.60 Å². The van der Waals surface area contributed by atoms with E-state index < -0.39 is 5.60 Å². The average Bonchev–Trinajstić information content (AvgIpc) is 2.46. The van der Waals surface area contributed by atoms with Crippen LogP contribution in [0, 0.1) is 6.92 Å². The lowest BCUT2D eigenvalue weighted by atomic mass is 9.95. The lowest BCUT2D eigenvalue weighted by Crippen LogP contribution is -2.36. The van der Waals surface area contributed by atoms with Crippen LogP contribution in [0.4, 0.5) is 0 Å². The van der Waals surface area contributed by atoms with E-state index >= 15 is 0 Å². The average molecular weight is 269 g/mol. The van der Waals surface area contributed by atoms with Crippen LogP contribution < -0.4 is 5.32 Å². The fourth-order valence-corrected chi connectivity index (χ4v) is 2.22. The van der Waals surface area contributed by atoms with E-state index in [1.807, 2.05) is 37.3 Å². The van der Waals surface area contributed by atoms with E-state index in [2.05, 4.69) is 43.4 Å². The number of aliphatic hydroxyl groups is 1. The van der Waals surface area contributed by atoms with Gasteiger partial charge in [-0.05, 0) is 31.9 Å². The summed E-state index contributed by atoms with van der Waals surface area (Å²) in [5.74, 6) is 0. The fraction of sp³-hybridized carbons (Fsp3) is 0.333. The molecule has 2 N–H and O–H groups in total. The molecule has 0 aromatic heterocycles. The predicted octanol–water partition coefficient (Wildman–Crippen LogP) is 3.55. The van der Waals surface area contributed by atoms with E-state index in [4.69, 9.17) is 0 Å². The first kappa shape index (κ1) is 14.8. The van der Waals surface area contributed by atoms with E-state index in [-0.39, 0.29) is 6.04 Å². The van der Waals surface area contributed by atoms with Gasteiger partial charge in [-0.2, -0.15) is 0 Å². The van der Waals surface area contributed by atoms with Crippen molar-refractivity contribution < 1.29 is 5.11 Å². The molecule has 0 amide bonds. The zero-order chi connectivity index (χ0) is 14.6. The Bertz CT molecular complexity index is 531. The lowest BCUT2D eigenvalue weighted by Gasteiger charge is -2.26. The molecule has 2 atom stereocenters. The Morgan fingerprint density at radius 2 is 1.65 bits per heavy atom. The first-order chi connectivity index (χ1) is 9.49. The molecule has 2 aromatic rings. The van der Waals surface area contributed by atoms with Crippen molar-refractivity contribution in [3.8, 4) is 0 Å². The molecule has 0 aliphatic heterocycles. The number of rotatable bonds is 5. The van der Waals surface area contributed by atoms with Gasteiger partial charge in [-0.15, -0.1) is 0 Å². The number of hydrogen-bond acceptors (Lipinski definition) is 2. The van der Waals surface area contributed by atoms with Crippen LogP contribution in [0.2, 0.25) is 0 Å². The standard InChI is InChI=1S/C18H23NO/c1-14-9-11-16(12-10-14)15(2)19-13-18(3,20)17-7-5-4-6-8-17/h4-12,15,19-20H,13H2,1-3H3. The predicted molar refractivity (Wildman–Crippen MR) is 83.6 cm³/mol. The third-order valence-electron chi connectivity index (χ3n) is 3.73. The minimum Gasteiger partial charge on any atom is -0.384 e. The topological polar surface area (TPSA) is 32.3 Å². The van der Waals surface area contributed by atoms with E-state index in [1.165, 1.54) is 11.1 Å². The van der Waals surface area contributed by atoms with Gasteiger partial charge in [-0.3, -0.25) is 0 Å². The minimum atomic E-state index is -0.861. The quantitative estimate of drug-likeness (QED) is 0.870. The highest BCUT2D eigenvalue weighted by Crippen LogP contribution is 2.21. The molecule has 0 saturated carbocycles. The molecule has 0 fully saturated rings. The summed E-state index contributed by atoms with van der Waals surface area (Å²) < 4.78 is 0. The molecule has 0 heterocycles. The summed E-state index contributed by atoms with van der Waals surface area (Å²) in [7, 11) is 0. The van der Waals surface area contributed by atoms with Crippen molar-refractivity contribution in [3.63, 3.8) is 0 Å². The smallest absolute Gasteiger partial charge is 0.0992 e. The van der Waals surface area contributed by atoms with Crippen LogP contribution in [-0.4, -0.2) is 11.7 Å². The fourth-order valence-electron chi connectivity index (χ4n) is 2.22. The number of hydrogen-bond donors (Lipinski definition) is 2. The van der Waals surface area contributed by atoms with Gasteiger partial charge in [0.25, 0.3) is 0 Å². The van der Waals surface area contributed by atoms with E-state index in [0.29, 0.717) is 6.54 Å². The Balaban J connectivity index is 1.99. The zero-order valence-electron chi connectivity index (χ0n) is 12.4. The minimum absolute atomic E-state index is 0.214. The second-order valence-corrected chi connectivity index (χ2v) is 5.65. The highest BCUT2D eigenvalue weighted by atomic mass is 16.3. The van der Waals surface area contributed by atoms with Crippen LogP contribution in [0.5, 0.6) is 0 Å². The summed E-state index contributed by atoms with van der Waals surface area (Å²) in [4.78, 5) is 0. The van der Waals surface area contributed by atoms with Crippen molar-refractivity contribution in [2.75, 3.05) is 6.54 Å². The molecular weight excluding hydrogens is 246 g/mol. The highest BCUT2D eigenvalue weighted by Gasteiger charge is 2.23. The van der Waals surface area contributed by atoms with Crippen molar-refractivity contribution in [3.05, 3.63) is 71.3 Å². The lowest BCUT2D eigenvalue weighted by molar-refractivity contribution is 0.0543. The highest BCUT2D eigenvalue weighted by molar-refractivity contribution is 5.25. The van der Waals surface area contributed by atoms with Crippen molar-refractivity contribution in [1.29, 1.82) is 0 Å². The third kappa shape index (κ3) is 3.69. The van der Waals surface area contributed by atoms with Gasteiger partial charge in [0, 0.05) is 12.6 Å². The number of aryl methyl sites for hydroxylation is 1. The monoisotopic (exact) mass is 269 g/mol. The van der Waals surface area contributed by atoms with Crippen molar-refractivity contribution in [1.82, 2.24) is 5.32 Å². The molecule has 0 saturated heterocycles. The first-order valence-electron chi connectivity index (χ1n) is 7.07. The molecular formula is C18H23NO. The van der Waals surface area contributed by atoms with Crippen molar-refractivity contribution in [2.24, 2.45) is 0 Å². The van der Waals surface area contributed by atoms with Crippen molar-refractivity contribution in [2.45, 2.75) is 32.4 Å². The molecule has 0 radical (unpaired) electrons. The summed E-state index contributed by atoms with van der Waals surface area (Å²) in [6.45, 7) is 6.57. The van der Waals surface area contributed by atoms with E-state index in [0.717, 1.165) is 5.56 Å². The van der Waals surface area contributed by atoms with Gasteiger partial charge in [0.05, 0.1) is 5.60 Å². The van der Waals surface area contributed by atoms with Crippen LogP contribution in [0.25, 0.3) is 0 Å². The summed E-state index contributed by atoms with van der Waals surface area (Å²) in [6.07, 6.45) is 0. The molecule has 2 heteroatoms. The Labute approximate surface area is 121 Å². The molecule has 2 aromatic carbocycles. The molecule has 2 nitrogen and oxygen atoms in total. The molecule has 20 heavy (non-hydrogen) atoms. The van der Waals surface area contributed by atoms with Crippen LogP contribution >= 0.6 is 0 Å². The van der Waals surface area contributed by atoms with E-state index in [1.54, 1.807) is 0 Å². The third-order valence-corrected chi connectivity index (χ3v) is 3.73. The van der Waals surface area contributed by atoms with E-state index in [9.17, 15) is 5.11 Å². The molecule has 0 spiro atoms. The van der Waals surface area contributed by atoms with Crippen LogP contribution in [0.3, 0.4) is 0 Å².